The Hall–Kier alpha value is -1.86. The Bertz CT molecular complexity index is 701. The number of H-pyrrole nitrogens is 1. The first kappa shape index (κ1) is 15.5. The molecule has 0 bridgehead atoms. The van der Waals surface area contributed by atoms with Crippen LogP contribution in [0.15, 0.2) is 29.4 Å². The highest BCUT2D eigenvalue weighted by Crippen LogP contribution is 2.28. The number of sulfonamides is 1. The first-order valence-electron chi connectivity index (χ1n) is 6.45. The molecular formula is C14H19N3O3S. The summed E-state index contributed by atoms with van der Waals surface area (Å²) in [7, 11) is -0.441. The molecule has 1 N–H and O–H groups in total. The minimum absolute atomic E-state index is 0.268. The van der Waals surface area contributed by atoms with Crippen LogP contribution in [0.2, 0.25) is 0 Å². The Morgan fingerprint density at radius 3 is 2.38 bits per heavy atom. The Balaban J connectivity index is 2.39. The zero-order valence-corrected chi connectivity index (χ0v) is 13.4. The van der Waals surface area contributed by atoms with Gasteiger partial charge in [0.25, 0.3) is 0 Å². The lowest BCUT2D eigenvalue weighted by molar-refractivity contribution is 0.413. The van der Waals surface area contributed by atoms with Crippen LogP contribution in [-0.4, -0.2) is 37.1 Å². The van der Waals surface area contributed by atoms with Gasteiger partial charge in [-0.3, -0.25) is 5.10 Å². The second-order valence-electron chi connectivity index (χ2n) is 4.96. The zero-order chi connectivity index (χ0) is 15.6. The summed E-state index contributed by atoms with van der Waals surface area (Å²) in [5.41, 5.74) is 2.15. The monoisotopic (exact) mass is 309 g/mol. The smallest absolute Gasteiger partial charge is 0.243 e. The largest absolute Gasteiger partial charge is 0.497 e. The fraction of sp³-hybridized carbons (Fsp3) is 0.357. The van der Waals surface area contributed by atoms with Crippen LogP contribution in [0.3, 0.4) is 0 Å². The lowest BCUT2D eigenvalue weighted by atomic mass is 10.1. The number of aryl methyl sites for hydroxylation is 2. The molecule has 0 atom stereocenters. The van der Waals surface area contributed by atoms with Gasteiger partial charge >= 0.3 is 0 Å². The van der Waals surface area contributed by atoms with E-state index in [0.29, 0.717) is 21.8 Å². The molecule has 0 aliphatic rings. The summed E-state index contributed by atoms with van der Waals surface area (Å²) in [6.07, 6.45) is 3.29. The normalized spacial score (nSPS) is 11.9. The number of aromatic amines is 1. The molecule has 1 aromatic carbocycles. The molecule has 0 aliphatic carbocycles. The van der Waals surface area contributed by atoms with E-state index >= 15 is 0 Å². The Morgan fingerprint density at radius 1 is 1.29 bits per heavy atom. The van der Waals surface area contributed by atoms with Gasteiger partial charge < -0.3 is 4.74 Å². The molecule has 1 aromatic heterocycles. The maximum atomic E-state index is 12.8. The predicted molar refractivity (Wildman–Crippen MR) is 79.7 cm³/mol. The number of nitrogens with zero attached hydrogens (tertiary/aromatic N) is 2. The van der Waals surface area contributed by atoms with Crippen molar-refractivity contribution in [3.8, 4) is 5.75 Å². The maximum Gasteiger partial charge on any atom is 0.243 e. The molecule has 0 fully saturated rings. The predicted octanol–water partition coefficient (Wildman–Crippen LogP) is 1.86. The molecule has 7 heteroatoms. The number of benzene rings is 1. The Morgan fingerprint density at radius 2 is 1.90 bits per heavy atom. The fourth-order valence-corrected chi connectivity index (χ4v) is 3.86. The van der Waals surface area contributed by atoms with Gasteiger partial charge in [0.15, 0.2) is 0 Å². The van der Waals surface area contributed by atoms with Crippen molar-refractivity contribution in [1.29, 1.82) is 0 Å². The van der Waals surface area contributed by atoms with Crippen molar-refractivity contribution < 1.29 is 13.2 Å². The third kappa shape index (κ3) is 3.08. The lowest BCUT2D eigenvalue weighted by Crippen LogP contribution is -2.27. The SMILES string of the molecule is COc1cc(C)c(S(=O)(=O)N(C)Cc2cn[nH]c2)c(C)c1. The van der Waals surface area contributed by atoms with Gasteiger partial charge in [-0.05, 0) is 37.1 Å². The number of nitrogens with one attached hydrogen (secondary N) is 1. The summed E-state index contributed by atoms with van der Waals surface area (Å²) in [6, 6.07) is 3.46. The van der Waals surface area contributed by atoms with Crippen LogP contribution in [0.4, 0.5) is 0 Å². The van der Waals surface area contributed by atoms with Gasteiger partial charge in [-0.1, -0.05) is 0 Å². The molecule has 0 amide bonds. The standard InChI is InChI=1S/C14H19N3O3S/c1-10-5-13(20-4)6-11(2)14(10)21(18,19)17(3)9-12-7-15-16-8-12/h5-8H,9H2,1-4H3,(H,15,16). The van der Waals surface area contributed by atoms with Gasteiger partial charge in [-0.15, -0.1) is 0 Å². The second-order valence-corrected chi connectivity index (χ2v) is 6.94. The van der Waals surface area contributed by atoms with E-state index < -0.39 is 10.0 Å². The highest BCUT2D eigenvalue weighted by Gasteiger charge is 2.25. The minimum atomic E-state index is -3.57. The summed E-state index contributed by atoms with van der Waals surface area (Å²) >= 11 is 0. The first-order chi connectivity index (χ1) is 9.86. The summed E-state index contributed by atoms with van der Waals surface area (Å²) in [5.74, 6) is 0.654. The van der Waals surface area contributed by atoms with Crippen LogP contribution in [0.1, 0.15) is 16.7 Å². The van der Waals surface area contributed by atoms with E-state index in [1.54, 1.807) is 52.5 Å². The lowest BCUT2D eigenvalue weighted by Gasteiger charge is -2.20. The van der Waals surface area contributed by atoms with Gasteiger partial charge in [0.05, 0.1) is 18.2 Å². The Labute approximate surface area is 124 Å². The van der Waals surface area contributed by atoms with Crippen molar-refractivity contribution in [2.24, 2.45) is 0 Å². The van der Waals surface area contributed by atoms with Crippen LogP contribution in [0, 0.1) is 13.8 Å². The molecule has 0 unspecified atom stereocenters. The number of hydrogen-bond donors (Lipinski definition) is 1. The molecule has 0 aliphatic heterocycles. The van der Waals surface area contributed by atoms with Crippen molar-refractivity contribution in [3.05, 3.63) is 41.2 Å². The average Bonchev–Trinajstić information content (AvgIpc) is 2.90. The van der Waals surface area contributed by atoms with E-state index in [2.05, 4.69) is 10.2 Å². The van der Waals surface area contributed by atoms with E-state index in [1.165, 1.54) is 4.31 Å². The third-order valence-electron chi connectivity index (χ3n) is 3.30. The molecule has 114 valence electrons. The molecule has 2 rings (SSSR count). The summed E-state index contributed by atoms with van der Waals surface area (Å²) in [5, 5.41) is 6.50. The van der Waals surface area contributed by atoms with Crippen LogP contribution in [0.25, 0.3) is 0 Å². The maximum absolute atomic E-state index is 12.8. The zero-order valence-electron chi connectivity index (χ0n) is 12.5. The van der Waals surface area contributed by atoms with E-state index in [0.717, 1.165) is 5.56 Å². The average molecular weight is 309 g/mol. The van der Waals surface area contributed by atoms with Crippen molar-refractivity contribution in [1.82, 2.24) is 14.5 Å². The molecule has 1 heterocycles. The highest BCUT2D eigenvalue weighted by atomic mass is 32.2. The Kier molecular flexibility index (Phi) is 4.34. The van der Waals surface area contributed by atoms with E-state index in [4.69, 9.17) is 4.74 Å². The number of ether oxygens (including phenoxy) is 1. The van der Waals surface area contributed by atoms with Crippen LogP contribution in [-0.2, 0) is 16.6 Å². The van der Waals surface area contributed by atoms with E-state index in [9.17, 15) is 8.42 Å². The van der Waals surface area contributed by atoms with Crippen molar-refractivity contribution in [2.45, 2.75) is 25.3 Å². The van der Waals surface area contributed by atoms with E-state index in [-0.39, 0.29) is 6.54 Å². The number of aromatic nitrogens is 2. The number of methoxy groups -OCH3 is 1. The van der Waals surface area contributed by atoms with Crippen LogP contribution >= 0.6 is 0 Å². The van der Waals surface area contributed by atoms with Crippen LogP contribution in [0.5, 0.6) is 5.75 Å². The minimum Gasteiger partial charge on any atom is -0.497 e. The molecule has 2 aromatic rings. The van der Waals surface area contributed by atoms with E-state index in [1.807, 2.05) is 0 Å². The first-order valence-corrected chi connectivity index (χ1v) is 7.89. The van der Waals surface area contributed by atoms with Gasteiger partial charge in [0.1, 0.15) is 5.75 Å². The summed E-state index contributed by atoms with van der Waals surface area (Å²) < 4.78 is 32.0. The molecule has 0 spiro atoms. The number of hydrogen-bond acceptors (Lipinski definition) is 4. The molecular weight excluding hydrogens is 290 g/mol. The van der Waals surface area contributed by atoms with Gasteiger partial charge in [0.2, 0.25) is 10.0 Å². The molecule has 0 radical (unpaired) electrons. The second kappa shape index (κ2) is 5.87. The van der Waals surface area contributed by atoms with Gasteiger partial charge in [0, 0.05) is 25.4 Å². The summed E-state index contributed by atoms with van der Waals surface area (Å²) in [6.45, 7) is 3.81. The molecule has 21 heavy (non-hydrogen) atoms. The van der Waals surface area contributed by atoms with Gasteiger partial charge in [-0.2, -0.15) is 9.40 Å². The van der Waals surface area contributed by atoms with Crippen molar-refractivity contribution in [3.63, 3.8) is 0 Å². The topological polar surface area (TPSA) is 75.3 Å². The quantitative estimate of drug-likeness (QED) is 0.914. The summed E-state index contributed by atoms with van der Waals surface area (Å²) in [4.78, 5) is 0.328. The van der Waals surface area contributed by atoms with Gasteiger partial charge in [-0.25, -0.2) is 8.42 Å². The number of rotatable bonds is 5. The van der Waals surface area contributed by atoms with Crippen molar-refractivity contribution in [2.75, 3.05) is 14.2 Å². The molecule has 6 nitrogen and oxygen atoms in total. The molecule has 0 saturated carbocycles. The highest BCUT2D eigenvalue weighted by molar-refractivity contribution is 7.89. The van der Waals surface area contributed by atoms with Crippen LogP contribution < -0.4 is 4.74 Å². The van der Waals surface area contributed by atoms with Crippen molar-refractivity contribution >= 4 is 10.0 Å². The third-order valence-corrected chi connectivity index (χ3v) is 5.41. The fourth-order valence-electron chi connectivity index (χ4n) is 2.30. The molecule has 0 saturated heterocycles.